The summed E-state index contributed by atoms with van der Waals surface area (Å²) in [5, 5.41) is 3.29. The second-order valence-corrected chi connectivity index (χ2v) is 7.21. The van der Waals surface area contributed by atoms with Crippen LogP contribution < -0.4 is 10.0 Å². The van der Waals surface area contributed by atoms with Gasteiger partial charge in [-0.25, -0.2) is 13.1 Å². The highest BCUT2D eigenvalue weighted by atomic mass is 35.5. The number of aryl methyl sites for hydroxylation is 1. The van der Waals surface area contributed by atoms with Crippen LogP contribution in [0.5, 0.6) is 0 Å². The van der Waals surface area contributed by atoms with Crippen molar-refractivity contribution < 1.29 is 8.42 Å². The van der Waals surface area contributed by atoms with Crippen LogP contribution in [-0.2, 0) is 16.4 Å². The minimum Gasteiger partial charge on any atom is -0.316 e. The van der Waals surface area contributed by atoms with Gasteiger partial charge in [0.05, 0.1) is 4.90 Å². The van der Waals surface area contributed by atoms with Crippen molar-refractivity contribution in [2.75, 3.05) is 19.6 Å². The monoisotopic (exact) mass is 332 g/mol. The van der Waals surface area contributed by atoms with E-state index in [1.165, 1.54) is 5.56 Å². The summed E-state index contributed by atoms with van der Waals surface area (Å²) in [7, 11) is -3.35. The second kappa shape index (κ2) is 8.73. The number of hydrogen-bond donors (Lipinski definition) is 2. The minimum absolute atomic E-state index is 0. The van der Waals surface area contributed by atoms with Crippen molar-refractivity contribution in [1.82, 2.24) is 10.0 Å². The molecule has 1 aliphatic rings. The third-order valence-electron chi connectivity index (χ3n) is 3.78. The highest BCUT2D eigenvalue weighted by Gasteiger charge is 2.17. The summed E-state index contributed by atoms with van der Waals surface area (Å²) in [6, 6.07) is 7.20. The van der Waals surface area contributed by atoms with E-state index in [-0.39, 0.29) is 12.4 Å². The van der Waals surface area contributed by atoms with Gasteiger partial charge in [0.1, 0.15) is 0 Å². The van der Waals surface area contributed by atoms with Gasteiger partial charge < -0.3 is 5.32 Å². The number of nitrogens with one attached hydrogen (secondary N) is 2. The largest absolute Gasteiger partial charge is 0.316 e. The lowest BCUT2D eigenvalue weighted by Crippen LogP contribution is -2.26. The fourth-order valence-corrected chi connectivity index (χ4v) is 3.61. The summed E-state index contributed by atoms with van der Waals surface area (Å²) in [6.45, 7) is 4.69. The molecule has 1 atom stereocenters. The lowest BCUT2D eigenvalue weighted by molar-refractivity contribution is 0.519. The quantitative estimate of drug-likeness (QED) is 0.805. The molecule has 1 aliphatic heterocycles. The van der Waals surface area contributed by atoms with Crippen LogP contribution in [0.3, 0.4) is 0 Å². The second-order valence-electron chi connectivity index (χ2n) is 5.44. The fraction of sp³-hybridized carbons (Fsp3) is 0.600. The first-order chi connectivity index (χ1) is 9.62. The molecule has 21 heavy (non-hydrogen) atoms. The van der Waals surface area contributed by atoms with Crippen LogP contribution >= 0.6 is 12.4 Å². The van der Waals surface area contributed by atoms with E-state index in [1.54, 1.807) is 12.1 Å². The number of rotatable bonds is 7. The van der Waals surface area contributed by atoms with Crippen LogP contribution in [0.4, 0.5) is 0 Å². The molecule has 120 valence electrons. The molecule has 1 aromatic carbocycles. The molecule has 2 N–H and O–H groups in total. The van der Waals surface area contributed by atoms with Crippen molar-refractivity contribution in [2.24, 2.45) is 5.92 Å². The summed E-state index contributed by atoms with van der Waals surface area (Å²) in [4.78, 5) is 0.363. The van der Waals surface area contributed by atoms with E-state index in [1.807, 2.05) is 12.1 Å². The Bertz CT molecular complexity index is 511. The Morgan fingerprint density at radius 1 is 1.29 bits per heavy atom. The lowest BCUT2D eigenvalue weighted by atomic mass is 10.1. The molecule has 1 heterocycles. The van der Waals surface area contributed by atoms with Gasteiger partial charge in [-0.3, -0.25) is 0 Å². The van der Waals surface area contributed by atoms with Crippen LogP contribution in [-0.4, -0.2) is 28.1 Å². The van der Waals surface area contributed by atoms with Gasteiger partial charge in [-0.1, -0.05) is 25.5 Å². The van der Waals surface area contributed by atoms with Gasteiger partial charge in [-0.05, 0) is 56.0 Å². The Kier molecular flexibility index (Phi) is 7.66. The standard InChI is InChI=1S/C15H24N2O2S.ClH/c1-2-3-13-4-6-15(7-5-13)20(18,19)17-11-9-14-8-10-16-12-14;/h4-7,14,16-17H,2-3,8-12H2,1H3;1H. The zero-order valence-corrected chi connectivity index (χ0v) is 14.1. The van der Waals surface area contributed by atoms with Crippen molar-refractivity contribution in [1.29, 1.82) is 0 Å². The molecule has 1 fully saturated rings. The third-order valence-corrected chi connectivity index (χ3v) is 5.26. The van der Waals surface area contributed by atoms with Gasteiger partial charge in [-0.15, -0.1) is 12.4 Å². The number of benzene rings is 1. The van der Waals surface area contributed by atoms with Crippen LogP contribution in [0.2, 0.25) is 0 Å². The van der Waals surface area contributed by atoms with Gasteiger partial charge in [0.2, 0.25) is 10.0 Å². The van der Waals surface area contributed by atoms with Crippen LogP contribution in [0.1, 0.15) is 31.7 Å². The zero-order valence-electron chi connectivity index (χ0n) is 12.5. The minimum atomic E-state index is -3.35. The topological polar surface area (TPSA) is 58.2 Å². The van der Waals surface area contributed by atoms with Gasteiger partial charge in [0, 0.05) is 6.54 Å². The molecule has 1 aromatic rings. The number of sulfonamides is 1. The highest BCUT2D eigenvalue weighted by Crippen LogP contribution is 2.14. The molecule has 0 spiro atoms. The molecule has 0 aliphatic carbocycles. The maximum absolute atomic E-state index is 12.1. The molecular weight excluding hydrogens is 308 g/mol. The van der Waals surface area contributed by atoms with E-state index in [2.05, 4.69) is 17.0 Å². The first-order valence-electron chi connectivity index (χ1n) is 7.41. The molecule has 0 amide bonds. The summed E-state index contributed by atoms with van der Waals surface area (Å²) in [6.07, 6.45) is 4.11. The van der Waals surface area contributed by atoms with Crippen molar-refractivity contribution in [3.8, 4) is 0 Å². The molecule has 6 heteroatoms. The summed E-state index contributed by atoms with van der Waals surface area (Å²) in [5.74, 6) is 0.602. The average Bonchev–Trinajstić information content (AvgIpc) is 2.93. The average molecular weight is 333 g/mol. The number of hydrogen-bond acceptors (Lipinski definition) is 3. The molecule has 4 nitrogen and oxygen atoms in total. The Hall–Kier alpha value is -0.620. The predicted octanol–water partition coefficient (Wildman–Crippen LogP) is 2.34. The van der Waals surface area contributed by atoms with E-state index >= 15 is 0 Å². The lowest BCUT2D eigenvalue weighted by Gasteiger charge is -2.10. The molecule has 1 saturated heterocycles. The van der Waals surface area contributed by atoms with E-state index in [0.29, 0.717) is 17.4 Å². The molecule has 2 rings (SSSR count). The fourth-order valence-electron chi connectivity index (χ4n) is 2.57. The van der Waals surface area contributed by atoms with Gasteiger partial charge >= 0.3 is 0 Å². The van der Waals surface area contributed by atoms with Gasteiger partial charge in [-0.2, -0.15) is 0 Å². The Labute approximate surface area is 134 Å². The van der Waals surface area contributed by atoms with Crippen LogP contribution in [0.25, 0.3) is 0 Å². The molecule has 0 saturated carbocycles. The van der Waals surface area contributed by atoms with Crippen LogP contribution in [0.15, 0.2) is 29.2 Å². The summed E-state index contributed by atoms with van der Waals surface area (Å²) >= 11 is 0. The molecule has 1 unspecified atom stereocenters. The van der Waals surface area contributed by atoms with Gasteiger partial charge in [0.25, 0.3) is 0 Å². The van der Waals surface area contributed by atoms with E-state index < -0.39 is 10.0 Å². The van der Waals surface area contributed by atoms with Gasteiger partial charge in [0.15, 0.2) is 0 Å². The molecular formula is C15H25ClN2O2S. The molecule has 0 aromatic heterocycles. The maximum atomic E-state index is 12.1. The normalized spacial score (nSPS) is 18.4. The van der Waals surface area contributed by atoms with E-state index in [9.17, 15) is 8.42 Å². The molecule has 0 bridgehead atoms. The van der Waals surface area contributed by atoms with E-state index in [4.69, 9.17) is 0 Å². The SMILES string of the molecule is CCCc1ccc(S(=O)(=O)NCCC2CCNC2)cc1.Cl. The zero-order chi connectivity index (χ0) is 14.4. The van der Waals surface area contributed by atoms with Crippen LogP contribution in [0, 0.1) is 5.92 Å². The Balaban J connectivity index is 0.00000220. The van der Waals surface area contributed by atoms with Crippen molar-refractivity contribution in [3.05, 3.63) is 29.8 Å². The smallest absolute Gasteiger partial charge is 0.240 e. The van der Waals surface area contributed by atoms with Crippen molar-refractivity contribution in [2.45, 2.75) is 37.5 Å². The van der Waals surface area contributed by atoms with E-state index in [0.717, 1.165) is 38.8 Å². The van der Waals surface area contributed by atoms with Crippen molar-refractivity contribution >= 4 is 22.4 Å². The third kappa shape index (κ3) is 5.58. The summed E-state index contributed by atoms with van der Waals surface area (Å²) < 4.78 is 27.0. The highest BCUT2D eigenvalue weighted by molar-refractivity contribution is 7.89. The van der Waals surface area contributed by atoms with Crippen molar-refractivity contribution in [3.63, 3.8) is 0 Å². The maximum Gasteiger partial charge on any atom is 0.240 e. The molecule has 0 radical (unpaired) electrons. The first kappa shape index (κ1) is 18.4. The Morgan fingerprint density at radius 3 is 2.57 bits per heavy atom. The summed E-state index contributed by atoms with van der Waals surface area (Å²) in [5.41, 5.74) is 1.18. The first-order valence-corrected chi connectivity index (χ1v) is 8.89. The Morgan fingerprint density at radius 2 is 2.00 bits per heavy atom. The number of halogens is 1. The predicted molar refractivity (Wildman–Crippen MR) is 88.5 cm³/mol.